The van der Waals surface area contributed by atoms with Crippen molar-refractivity contribution < 1.29 is 4.39 Å². The van der Waals surface area contributed by atoms with Crippen LogP contribution in [0.1, 0.15) is 39.0 Å². The van der Waals surface area contributed by atoms with Crippen LogP contribution in [-0.4, -0.2) is 22.8 Å². The Balaban J connectivity index is 1.72. The van der Waals surface area contributed by atoms with Crippen molar-refractivity contribution in [3.8, 4) is 0 Å². The normalized spacial score (nSPS) is 40.9. The summed E-state index contributed by atoms with van der Waals surface area (Å²) in [7, 11) is 0. The van der Waals surface area contributed by atoms with Crippen LogP contribution < -0.4 is 0 Å². The molecule has 94 valence electrons. The first-order valence-electron chi connectivity index (χ1n) is 6.58. The highest BCUT2D eigenvalue weighted by Crippen LogP contribution is 2.42. The maximum atomic E-state index is 12.2. The van der Waals surface area contributed by atoms with Gasteiger partial charge in [0.1, 0.15) is 0 Å². The Bertz CT molecular complexity index is 194. The molecule has 1 aliphatic heterocycles. The zero-order valence-corrected chi connectivity index (χ0v) is 11.8. The molecule has 0 atom stereocenters. The summed E-state index contributed by atoms with van der Waals surface area (Å²) in [5.74, 6) is 5.42. The minimum atomic E-state index is -0.143. The first-order valence-corrected chi connectivity index (χ1v) is 8.68. The highest BCUT2D eigenvalue weighted by molar-refractivity contribution is 8.17. The van der Waals surface area contributed by atoms with Gasteiger partial charge in [-0.1, -0.05) is 19.8 Å². The van der Waals surface area contributed by atoms with Gasteiger partial charge in [0.25, 0.3) is 0 Å². The molecule has 0 aromatic rings. The van der Waals surface area contributed by atoms with Gasteiger partial charge in [0.05, 0.1) is 11.3 Å². The second-order valence-electron chi connectivity index (χ2n) is 5.35. The van der Waals surface area contributed by atoms with Gasteiger partial charge in [0.2, 0.25) is 0 Å². The van der Waals surface area contributed by atoms with E-state index in [1.165, 1.54) is 37.2 Å². The summed E-state index contributed by atoms with van der Waals surface area (Å²) in [6.45, 7) is 2.24. The Hall–Kier alpha value is 0.630. The highest BCUT2D eigenvalue weighted by Gasteiger charge is 2.30. The molecule has 0 unspecified atom stereocenters. The molecule has 0 aromatic heterocycles. The van der Waals surface area contributed by atoms with Crippen LogP contribution in [0.25, 0.3) is 0 Å². The molecule has 0 radical (unpaired) electrons. The van der Waals surface area contributed by atoms with Crippen LogP contribution in [-0.2, 0) is 0 Å². The predicted molar refractivity (Wildman–Crippen MR) is 73.9 cm³/mol. The molecule has 3 heteroatoms. The Morgan fingerprint density at radius 1 is 1.00 bits per heavy atom. The van der Waals surface area contributed by atoms with Crippen molar-refractivity contribution in [2.45, 2.75) is 43.6 Å². The fourth-order valence-electron chi connectivity index (χ4n) is 2.84. The Labute approximate surface area is 108 Å². The van der Waals surface area contributed by atoms with Gasteiger partial charge < -0.3 is 0 Å². The van der Waals surface area contributed by atoms with E-state index in [0.717, 1.165) is 24.2 Å². The SMILES string of the molecule is CC1CCC(C2CSC(CCF)SC2)CC1. The van der Waals surface area contributed by atoms with E-state index in [4.69, 9.17) is 0 Å². The molecule has 0 spiro atoms. The van der Waals surface area contributed by atoms with Crippen molar-refractivity contribution in [1.29, 1.82) is 0 Å². The molecule has 1 saturated carbocycles. The number of hydrogen-bond donors (Lipinski definition) is 0. The van der Waals surface area contributed by atoms with E-state index in [1.54, 1.807) is 0 Å². The van der Waals surface area contributed by atoms with Crippen LogP contribution in [0.2, 0.25) is 0 Å². The Morgan fingerprint density at radius 2 is 1.62 bits per heavy atom. The van der Waals surface area contributed by atoms with E-state index in [-0.39, 0.29) is 6.67 Å². The molecule has 0 nitrogen and oxygen atoms in total. The van der Waals surface area contributed by atoms with Crippen molar-refractivity contribution in [3.05, 3.63) is 0 Å². The third-order valence-corrected chi connectivity index (χ3v) is 7.34. The number of rotatable bonds is 3. The van der Waals surface area contributed by atoms with Gasteiger partial charge in [-0.3, -0.25) is 4.39 Å². The molecule has 2 fully saturated rings. The van der Waals surface area contributed by atoms with Crippen LogP contribution in [0.5, 0.6) is 0 Å². The van der Waals surface area contributed by atoms with Crippen molar-refractivity contribution in [2.24, 2.45) is 17.8 Å². The van der Waals surface area contributed by atoms with Gasteiger partial charge in [0, 0.05) is 0 Å². The first-order chi connectivity index (χ1) is 7.79. The van der Waals surface area contributed by atoms with E-state index in [9.17, 15) is 4.39 Å². The van der Waals surface area contributed by atoms with E-state index >= 15 is 0 Å². The number of thioether (sulfide) groups is 2. The highest BCUT2D eigenvalue weighted by atomic mass is 32.2. The van der Waals surface area contributed by atoms with E-state index in [0.29, 0.717) is 4.58 Å². The monoisotopic (exact) mass is 262 g/mol. The van der Waals surface area contributed by atoms with Crippen molar-refractivity contribution in [2.75, 3.05) is 18.2 Å². The van der Waals surface area contributed by atoms with Gasteiger partial charge in [-0.25, -0.2) is 0 Å². The lowest BCUT2D eigenvalue weighted by molar-refractivity contribution is 0.239. The van der Waals surface area contributed by atoms with Gasteiger partial charge in [0.15, 0.2) is 0 Å². The summed E-state index contributed by atoms with van der Waals surface area (Å²) >= 11 is 4.03. The molecule has 16 heavy (non-hydrogen) atoms. The molecule has 0 N–H and O–H groups in total. The van der Waals surface area contributed by atoms with Crippen LogP contribution >= 0.6 is 23.5 Å². The molecule has 1 saturated heterocycles. The first kappa shape index (κ1) is 13.1. The number of hydrogen-bond acceptors (Lipinski definition) is 2. The lowest BCUT2D eigenvalue weighted by Gasteiger charge is -2.36. The van der Waals surface area contributed by atoms with E-state index in [2.05, 4.69) is 6.92 Å². The minimum Gasteiger partial charge on any atom is -0.251 e. The smallest absolute Gasteiger partial charge is 0.0913 e. The number of halogens is 1. The molecule has 0 bridgehead atoms. The summed E-state index contributed by atoms with van der Waals surface area (Å²) in [5.41, 5.74) is 0. The van der Waals surface area contributed by atoms with E-state index < -0.39 is 0 Å². The lowest BCUT2D eigenvalue weighted by Crippen LogP contribution is -2.28. The second-order valence-corrected chi connectivity index (χ2v) is 8.12. The number of alkyl halides is 1. The van der Waals surface area contributed by atoms with Crippen LogP contribution in [0.4, 0.5) is 4.39 Å². The molecule has 2 rings (SSSR count). The third kappa shape index (κ3) is 3.56. The largest absolute Gasteiger partial charge is 0.251 e. The van der Waals surface area contributed by atoms with Crippen molar-refractivity contribution in [1.82, 2.24) is 0 Å². The molecule has 2 aliphatic rings. The van der Waals surface area contributed by atoms with Crippen LogP contribution in [0.15, 0.2) is 0 Å². The molecule has 1 aliphatic carbocycles. The van der Waals surface area contributed by atoms with Gasteiger partial charge >= 0.3 is 0 Å². The van der Waals surface area contributed by atoms with Gasteiger partial charge in [-0.2, -0.15) is 0 Å². The van der Waals surface area contributed by atoms with Gasteiger partial charge in [-0.15, -0.1) is 23.5 Å². The maximum Gasteiger partial charge on any atom is 0.0913 e. The van der Waals surface area contributed by atoms with Gasteiger partial charge in [-0.05, 0) is 48.5 Å². The quantitative estimate of drug-likeness (QED) is 0.729. The fourth-order valence-corrected chi connectivity index (χ4v) is 6.06. The standard InChI is InChI=1S/C13H23FS2/c1-10-2-4-11(5-3-10)12-8-15-13(6-7-14)16-9-12/h10-13H,2-9H2,1H3. The predicted octanol–water partition coefficient (Wildman–Crippen LogP) is 4.59. The van der Waals surface area contributed by atoms with Crippen molar-refractivity contribution >= 4 is 23.5 Å². The van der Waals surface area contributed by atoms with Crippen molar-refractivity contribution in [3.63, 3.8) is 0 Å². The maximum absolute atomic E-state index is 12.2. The lowest BCUT2D eigenvalue weighted by atomic mass is 9.77. The van der Waals surface area contributed by atoms with E-state index in [1.807, 2.05) is 23.5 Å². The molecule has 0 aromatic carbocycles. The van der Waals surface area contributed by atoms with Crippen LogP contribution in [0.3, 0.4) is 0 Å². The summed E-state index contributed by atoms with van der Waals surface area (Å²) in [6, 6.07) is 0. The third-order valence-electron chi connectivity index (χ3n) is 4.06. The summed E-state index contributed by atoms with van der Waals surface area (Å²) in [5, 5.41) is 0. The molecule has 0 amide bonds. The topological polar surface area (TPSA) is 0 Å². The molecular weight excluding hydrogens is 239 g/mol. The summed E-state index contributed by atoms with van der Waals surface area (Å²) in [6.07, 6.45) is 6.51. The summed E-state index contributed by atoms with van der Waals surface area (Å²) < 4.78 is 12.8. The molecule has 1 heterocycles. The Kier molecular flexibility index (Phi) is 5.34. The Morgan fingerprint density at radius 3 is 2.19 bits per heavy atom. The minimum absolute atomic E-state index is 0.143. The average Bonchev–Trinajstić information content (AvgIpc) is 2.32. The summed E-state index contributed by atoms with van der Waals surface area (Å²) in [4.78, 5) is 0. The fraction of sp³-hybridized carbons (Fsp3) is 1.00. The van der Waals surface area contributed by atoms with Crippen LogP contribution in [0, 0.1) is 17.8 Å². The molecular formula is C13H23FS2. The average molecular weight is 262 g/mol. The second kappa shape index (κ2) is 6.53. The zero-order chi connectivity index (χ0) is 11.4. The zero-order valence-electron chi connectivity index (χ0n) is 10.2.